The van der Waals surface area contributed by atoms with Gasteiger partial charge in [-0.25, -0.2) is 4.98 Å². The highest BCUT2D eigenvalue weighted by Gasteiger charge is 2.11. The minimum absolute atomic E-state index is 0.640. The lowest BCUT2D eigenvalue weighted by Gasteiger charge is -2.04. The lowest BCUT2D eigenvalue weighted by molar-refractivity contribution is 0.415. The fourth-order valence-corrected chi connectivity index (χ4v) is 1.74. The van der Waals surface area contributed by atoms with Gasteiger partial charge in [0.05, 0.1) is 7.11 Å². The van der Waals surface area contributed by atoms with Gasteiger partial charge in [0.1, 0.15) is 5.75 Å². The van der Waals surface area contributed by atoms with Crippen molar-refractivity contribution in [3.05, 3.63) is 48.7 Å². The molecule has 2 aromatic heterocycles. The molecule has 94 valence electrons. The number of benzene rings is 1. The molecular weight excluding hydrogens is 242 g/mol. The molecule has 6 nitrogen and oxygen atoms in total. The SMILES string of the molecule is COc1ccc(-c2nnnn2-c2ccccn2)cc1. The highest BCUT2D eigenvalue weighted by atomic mass is 16.5. The second-order valence-corrected chi connectivity index (χ2v) is 3.83. The number of pyridine rings is 1. The maximum atomic E-state index is 5.13. The first kappa shape index (κ1) is 11.3. The van der Waals surface area contributed by atoms with Gasteiger partial charge < -0.3 is 4.74 Å². The van der Waals surface area contributed by atoms with Crippen molar-refractivity contribution < 1.29 is 4.74 Å². The quantitative estimate of drug-likeness (QED) is 0.711. The summed E-state index contributed by atoms with van der Waals surface area (Å²) in [6.07, 6.45) is 1.70. The molecule has 0 fully saturated rings. The number of hydrogen-bond acceptors (Lipinski definition) is 5. The lowest BCUT2D eigenvalue weighted by atomic mass is 10.2. The van der Waals surface area contributed by atoms with Crippen LogP contribution < -0.4 is 4.74 Å². The molecule has 0 aliphatic carbocycles. The molecule has 3 rings (SSSR count). The van der Waals surface area contributed by atoms with E-state index in [9.17, 15) is 0 Å². The molecule has 0 saturated heterocycles. The van der Waals surface area contributed by atoms with Crippen molar-refractivity contribution in [1.82, 2.24) is 25.2 Å². The minimum Gasteiger partial charge on any atom is -0.497 e. The van der Waals surface area contributed by atoms with Crippen LogP contribution in [0.5, 0.6) is 5.75 Å². The van der Waals surface area contributed by atoms with Crippen molar-refractivity contribution in [1.29, 1.82) is 0 Å². The standard InChI is InChI=1S/C13H11N5O/c1-19-11-7-5-10(6-8-11)13-15-16-17-18(13)12-4-2-3-9-14-12/h2-9H,1H3. The minimum atomic E-state index is 0.640. The average molecular weight is 253 g/mol. The molecule has 6 heteroatoms. The molecule has 0 unspecified atom stereocenters. The molecule has 1 aromatic carbocycles. The summed E-state index contributed by atoms with van der Waals surface area (Å²) >= 11 is 0. The molecule has 0 spiro atoms. The molecule has 0 saturated carbocycles. The van der Waals surface area contributed by atoms with E-state index in [4.69, 9.17) is 4.74 Å². The number of methoxy groups -OCH3 is 1. The number of rotatable bonds is 3. The van der Waals surface area contributed by atoms with Crippen LogP contribution >= 0.6 is 0 Å². The van der Waals surface area contributed by atoms with Gasteiger partial charge in [-0.3, -0.25) is 0 Å². The van der Waals surface area contributed by atoms with Gasteiger partial charge in [-0.05, 0) is 46.8 Å². The average Bonchev–Trinajstić information content (AvgIpc) is 2.98. The van der Waals surface area contributed by atoms with Crippen LogP contribution in [0.2, 0.25) is 0 Å². The van der Waals surface area contributed by atoms with Gasteiger partial charge in [-0.15, -0.1) is 5.10 Å². The van der Waals surface area contributed by atoms with Gasteiger partial charge in [0.2, 0.25) is 0 Å². The van der Waals surface area contributed by atoms with Gasteiger partial charge in [0.25, 0.3) is 0 Å². The fraction of sp³-hybridized carbons (Fsp3) is 0.0769. The Bertz CT molecular complexity index is 663. The molecule has 0 bridgehead atoms. The van der Waals surface area contributed by atoms with Crippen molar-refractivity contribution in [3.8, 4) is 23.0 Å². The van der Waals surface area contributed by atoms with E-state index in [-0.39, 0.29) is 0 Å². The number of hydrogen-bond donors (Lipinski definition) is 0. The van der Waals surface area contributed by atoms with Crippen molar-refractivity contribution >= 4 is 0 Å². The second-order valence-electron chi connectivity index (χ2n) is 3.83. The summed E-state index contributed by atoms with van der Waals surface area (Å²) in [6.45, 7) is 0. The summed E-state index contributed by atoms with van der Waals surface area (Å²) in [4.78, 5) is 4.24. The molecule has 2 heterocycles. The highest BCUT2D eigenvalue weighted by Crippen LogP contribution is 2.21. The zero-order chi connectivity index (χ0) is 13.1. The van der Waals surface area contributed by atoms with E-state index in [1.807, 2.05) is 42.5 Å². The van der Waals surface area contributed by atoms with Crippen LogP contribution in [-0.2, 0) is 0 Å². The smallest absolute Gasteiger partial charge is 0.188 e. The summed E-state index contributed by atoms with van der Waals surface area (Å²) < 4.78 is 6.73. The largest absolute Gasteiger partial charge is 0.497 e. The first-order valence-corrected chi connectivity index (χ1v) is 5.73. The maximum absolute atomic E-state index is 5.13. The molecule has 0 amide bonds. The van der Waals surface area contributed by atoms with Crippen LogP contribution in [0.3, 0.4) is 0 Å². The Balaban J connectivity index is 2.04. The Morgan fingerprint density at radius 3 is 2.58 bits per heavy atom. The van der Waals surface area contributed by atoms with Gasteiger partial charge in [0, 0.05) is 11.8 Å². The van der Waals surface area contributed by atoms with E-state index in [1.54, 1.807) is 18.0 Å². The molecule has 0 aliphatic heterocycles. The Morgan fingerprint density at radius 2 is 1.89 bits per heavy atom. The van der Waals surface area contributed by atoms with Crippen molar-refractivity contribution in [2.75, 3.05) is 7.11 Å². The van der Waals surface area contributed by atoms with E-state index >= 15 is 0 Å². The first-order valence-electron chi connectivity index (χ1n) is 5.73. The Hall–Kier alpha value is -2.76. The molecule has 0 radical (unpaired) electrons. The van der Waals surface area contributed by atoms with E-state index in [0.29, 0.717) is 11.6 Å². The summed E-state index contributed by atoms with van der Waals surface area (Å²) in [7, 11) is 1.63. The molecule has 0 N–H and O–H groups in total. The predicted molar refractivity (Wildman–Crippen MR) is 68.9 cm³/mol. The molecule has 19 heavy (non-hydrogen) atoms. The van der Waals surface area contributed by atoms with E-state index in [1.165, 1.54) is 0 Å². The van der Waals surface area contributed by atoms with E-state index < -0.39 is 0 Å². The van der Waals surface area contributed by atoms with Crippen LogP contribution in [0.4, 0.5) is 0 Å². The summed E-state index contributed by atoms with van der Waals surface area (Å²) in [5.41, 5.74) is 0.899. The molecular formula is C13H11N5O. The van der Waals surface area contributed by atoms with Crippen LogP contribution in [-0.4, -0.2) is 32.3 Å². The van der Waals surface area contributed by atoms with Crippen LogP contribution in [0, 0.1) is 0 Å². The zero-order valence-electron chi connectivity index (χ0n) is 10.3. The van der Waals surface area contributed by atoms with Gasteiger partial charge in [-0.2, -0.15) is 4.68 Å². The second kappa shape index (κ2) is 4.85. The summed E-state index contributed by atoms with van der Waals surface area (Å²) in [5.74, 6) is 2.11. The third-order valence-corrected chi connectivity index (χ3v) is 2.68. The van der Waals surface area contributed by atoms with Crippen molar-refractivity contribution in [2.24, 2.45) is 0 Å². The Labute approximate surface area is 109 Å². The monoisotopic (exact) mass is 253 g/mol. The van der Waals surface area contributed by atoms with Crippen LogP contribution in [0.1, 0.15) is 0 Å². The third kappa shape index (κ3) is 2.15. The molecule has 3 aromatic rings. The highest BCUT2D eigenvalue weighted by molar-refractivity contribution is 5.57. The van der Waals surface area contributed by atoms with Gasteiger partial charge in [-0.1, -0.05) is 6.07 Å². The summed E-state index contributed by atoms with van der Waals surface area (Å²) in [5, 5.41) is 11.7. The maximum Gasteiger partial charge on any atom is 0.188 e. The topological polar surface area (TPSA) is 65.7 Å². The van der Waals surface area contributed by atoms with E-state index in [0.717, 1.165) is 11.3 Å². The van der Waals surface area contributed by atoms with Gasteiger partial charge in [0.15, 0.2) is 11.6 Å². The number of aromatic nitrogens is 5. The number of tetrazole rings is 1. The third-order valence-electron chi connectivity index (χ3n) is 2.68. The van der Waals surface area contributed by atoms with Crippen molar-refractivity contribution in [3.63, 3.8) is 0 Å². The molecule has 0 aliphatic rings. The number of nitrogens with zero attached hydrogens (tertiary/aromatic N) is 5. The van der Waals surface area contributed by atoms with Crippen molar-refractivity contribution in [2.45, 2.75) is 0 Å². The first-order chi connectivity index (χ1) is 9.38. The van der Waals surface area contributed by atoms with E-state index in [2.05, 4.69) is 20.5 Å². The molecule has 0 atom stereocenters. The Morgan fingerprint density at radius 1 is 1.05 bits per heavy atom. The van der Waals surface area contributed by atoms with Gasteiger partial charge >= 0.3 is 0 Å². The number of ether oxygens (including phenoxy) is 1. The fourth-order valence-electron chi connectivity index (χ4n) is 1.74. The summed E-state index contributed by atoms with van der Waals surface area (Å²) in [6, 6.07) is 13.1. The lowest BCUT2D eigenvalue weighted by Crippen LogP contribution is -2.01. The van der Waals surface area contributed by atoms with Crippen LogP contribution in [0.15, 0.2) is 48.7 Å². The normalized spacial score (nSPS) is 10.4. The zero-order valence-corrected chi connectivity index (χ0v) is 10.3. The van der Waals surface area contributed by atoms with Crippen LogP contribution in [0.25, 0.3) is 17.2 Å². The Kier molecular flexibility index (Phi) is 2.89. The predicted octanol–water partition coefficient (Wildman–Crippen LogP) is 1.73.